The molecule has 0 spiro atoms. The maximum absolute atomic E-state index is 12.5. The number of methoxy groups -OCH3 is 1. The molecule has 102 valence electrons. The number of alkyl halides is 3. The van der Waals surface area contributed by atoms with Crippen molar-refractivity contribution in [1.82, 2.24) is 10.2 Å². The predicted molar refractivity (Wildman–Crippen MR) is 64.4 cm³/mol. The maximum Gasteiger partial charge on any atom is 0.432 e. The number of aromatic amines is 1. The predicted octanol–water partition coefficient (Wildman–Crippen LogP) is 3.80. The first kappa shape index (κ1) is 13.6. The zero-order chi connectivity index (χ0) is 14.0. The average molecular weight is 270 g/mol. The molecule has 0 aliphatic heterocycles. The third-order valence-corrected chi connectivity index (χ3v) is 2.89. The summed E-state index contributed by atoms with van der Waals surface area (Å²) in [5.41, 5.74) is 0.912. The zero-order valence-corrected chi connectivity index (χ0v) is 10.5. The van der Waals surface area contributed by atoms with Crippen molar-refractivity contribution >= 4 is 0 Å². The first-order valence-electron chi connectivity index (χ1n) is 5.67. The van der Waals surface area contributed by atoms with Gasteiger partial charge in [0.15, 0.2) is 0 Å². The molecule has 0 amide bonds. The Morgan fingerprint density at radius 3 is 2.58 bits per heavy atom. The molecular formula is C13H13F3N2O. The van der Waals surface area contributed by atoms with E-state index in [-0.39, 0.29) is 11.8 Å². The van der Waals surface area contributed by atoms with Crippen molar-refractivity contribution in [1.29, 1.82) is 0 Å². The summed E-state index contributed by atoms with van der Waals surface area (Å²) in [6.45, 7) is 1.87. The lowest BCUT2D eigenvalue weighted by Crippen LogP contribution is -2.04. The van der Waals surface area contributed by atoms with Gasteiger partial charge in [-0.25, -0.2) is 0 Å². The summed E-state index contributed by atoms with van der Waals surface area (Å²) in [5, 5.41) is 5.69. The Labute approximate surface area is 108 Å². The third kappa shape index (κ3) is 2.96. The van der Waals surface area contributed by atoms with Crippen molar-refractivity contribution in [2.45, 2.75) is 19.2 Å². The van der Waals surface area contributed by atoms with Gasteiger partial charge in [-0.3, -0.25) is 5.10 Å². The largest absolute Gasteiger partial charge is 0.432 e. The van der Waals surface area contributed by atoms with Gasteiger partial charge in [0.25, 0.3) is 0 Å². The molecule has 0 aliphatic rings. The van der Waals surface area contributed by atoms with Crippen LogP contribution in [0.15, 0.2) is 30.3 Å². The summed E-state index contributed by atoms with van der Waals surface area (Å²) in [7, 11) is 1.58. The Balaban J connectivity index is 2.34. The molecule has 0 saturated heterocycles. The fourth-order valence-electron chi connectivity index (χ4n) is 1.70. The van der Waals surface area contributed by atoms with E-state index >= 15 is 0 Å². The van der Waals surface area contributed by atoms with Crippen LogP contribution in [-0.4, -0.2) is 17.3 Å². The number of nitrogens with zero attached hydrogens (tertiary/aromatic N) is 1. The number of hydrogen-bond donors (Lipinski definition) is 1. The van der Waals surface area contributed by atoms with Gasteiger partial charge in [-0.15, -0.1) is 0 Å². The van der Waals surface area contributed by atoms with Gasteiger partial charge in [0.05, 0.1) is 11.8 Å². The van der Waals surface area contributed by atoms with E-state index < -0.39 is 11.9 Å². The summed E-state index contributed by atoms with van der Waals surface area (Å²) in [6.07, 6.45) is -4.54. The third-order valence-electron chi connectivity index (χ3n) is 2.89. The molecule has 0 unspecified atom stereocenters. The molecule has 0 bridgehead atoms. The van der Waals surface area contributed by atoms with Crippen LogP contribution < -0.4 is 0 Å². The maximum atomic E-state index is 12.5. The molecule has 1 heterocycles. The minimum atomic E-state index is -4.41. The van der Waals surface area contributed by atoms with Crippen molar-refractivity contribution in [3.63, 3.8) is 0 Å². The van der Waals surface area contributed by atoms with Crippen molar-refractivity contribution in [2.75, 3.05) is 7.11 Å². The fraction of sp³-hybridized carbons (Fsp3) is 0.308. The molecular weight excluding hydrogens is 257 g/mol. The molecule has 3 nitrogen and oxygen atoms in total. The Kier molecular flexibility index (Phi) is 3.61. The topological polar surface area (TPSA) is 37.9 Å². The van der Waals surface area contributed by atoms with Gasteiger partial charge in [-0.1, -0.05) is 18.2 Å². The summed E-state index contributed by atoms with van der Waals surface area (Å²) < 4.78 is 42.6. The van der Waals surface area contributed by atoms with Crippen molar-refractivity contribution in [3.8, 4) is 11.3 Å². The van der Waals surface area contributed by atoms with Gasteiger partial charge < -0.3 is 4.74 Å². The van der Waals surface area contributed by atoms with E-state index in [9.17, 15) is 13.2 Å². The standard InChI is InChI=1S/C13H13F3N2O/c1-8(19-2)9-4-3-5-10(6-9)11-7-12(18-17-11)13(14,15)16/h3-8H,1-2H3,(H,17,18)/t8-/m1/s1. The van der Waals surface area contributed by atoms with Crippen molar-refractivity contribution in [2.24, 2.45) is 0 Å². The Morgan fingerprint density at radius 2 is 2.00 bits per heavy atom. The van der Waals surface area contributed by atoms with Gasteiger partial charge in [-0.2, -0.15) is 18.3 Å². The number of nitrogens with one attached hydrogen (secondary N) is 1. The Bertz CT molecular complexity index is 563. The highest BCUT2D eigenvalue weighted by Crippen LogP contribution is 2.31. The fourth-order valence-corrected chi connectivity index (χ4v) is 1.70. The first-order valence-corrected chi connectivity index (χ1v) is 5.67. The molecule has 1 aromatic heterocycles. The van der Waals surface area contributed by atoms with Crippen LogP contribution in [0.25, 0.3) is 11.3 Å². The highest BCUT2D eigenvalue weighted by Gasteiger charge is 2.33. The van der Waals surface area contributed by atoms with Crippen LogP contribution in [-0.2, 0) is 10.9 Å². The van der Waals surface area contributed by atoms with Crippen LogP contribution >= 0.6 is 0 Å². The summed E-state index contributed by atoms with van der Waals surface area (Å²) in [6, 6.07) is 8.10. The number of halogens is 3. The quantitative estimate of drug-likeness (QED) is 0.921. The second kappa shape index (κ2) is 5.05. The van der Waals surface area contributed by atoms with Crippen LogP contribution in [0.3, 0.4) is 0 Å². The van der Waals surface area contributed by atoms with Crippen LogP contribution in [0.5, 0.6) is 0 Å². The van der Waals surface area contributed by atoms with Crippen LogP contribution in [0.4, 0.5) is 13.2 Å². The van der Waals surface area contributed by atoms with E-state index in [1.165, 1.54) is 0 Å². The molecule has 1 aromatic carbocycles. The minimum absolute atomic E-state index is 0.124. The monoisotopic (exact) mass is 270 g/mol. The minimum Gasteiger partial charge on any atom is -0.377 e. The number of benzene rings is 1. The van der Waals surface area contributed by atoms with Crippen molar-refractivity contribution < 1.29 is 17.9 Å². The molecule has 0 radical (unpaired) electrons. The van der Waals surface area contributed by atoms with E-state index in [1.807, 2.05) is 18.1 Å². The van der Waals surface area contributed by atoms with E-state index in [0.717, 1.165) is 11.6 Å². The highest BCUT2D eigenvalue weighted by molar-refractivity contribution is 5.60. The molecule has 2 aromatic rings. The molecule has 19 heavy (non-hydrogen) atoms. The van der Waals surface area contributed by atoms with E-state index in [1.54, 1.807) is 25.3 Å². The zero-order valence-electron chi connectivity index (χ0n) is 10.5. The summed E-state index contributed by atoms with van der Waals surface area (Å²) >= 11 is 0. The lowest BCUT2D eigenvalue weighted by atomic mass is 10.0. The first-order chi connectivity index (χ1) is 8.91. The molecule has 1 N–H and O–H groups in total. The van der Waals surface area contributed by atoms with Gasteiger partial charge in [0.2, 0.25) is 0 Å². The number of H-pyrrole nitrogens is 1. The molecule has 0 aliphatic carbocycles. The molecule has 1 atom stereocenters. The summed E-state index contributed by atoms with van der Waals surface area (Å²) in [4.78, 5) is 0. The van der Waals surface area contributed by atoms with Crippen molar-refractivity contribution in [3.05, 3.63) is 41.6 Å². The van der Waals surface area contributed by atoms with Crippen LogP contribution in [0, 0.1) is 0 Å². The van der Waals surface area contributed by atoms with E-state index in [0.29, 0.717) is 5.56 Å². The smallest absolute Gasteiger partial charge is 0.377 e. The van der Waals surface area contributed by atoms with Gasteiger partial charge in [0, 0.05) is 12.7 Å². The van der Waals surface area contributed by atoms with Gasteiger partial charge >= 0.3 is 6.18 Å². The van der Waals surface area contributed by atoms with Crippen LogP contribution in [0.1, 0.15) is 24.3 Å². The number of rotatable bonds is 3. The molecule has 0 fully saturated rings. The highest BCUT2D eigenvalue weighted by atomic mass is 19.4. The average Bonchev–Trinajstić information content (AvgIpc) is 2.87. The van der Waals surface area contributed by atoms with E-state index in [4.69, 9.17) is 4.74 Å². The Hall–Kier alpha value is -1.82. The second-order valence-electron chi connectivity index (χ2n) is 4.17. The lowest BCUT2D eigenvalue weighted by molar-refractivity contribution is -0.141. The Morgan fingerprint density at radius 1 is 1.26 bits per heavy atom. The number of hydrogen-bond acceptors (Lipinski definition) is 2. The second-order valence-corrected chi connectivity index (χ2v) is 4.17. The normalized spacial score (nSPS) is 13.5. The number of aromatic nitrogens is 2. The SMILES string of the molecule is CO[C@H](C)c1cccc(-c2cc(C(F)(F)F)[nH]n2)c1. The molecule has 0 saturated carbocycles. The number of ether oxygens (including phenoxy) is 1. The molecule has 6 heteroatoms. The van der Waals surface area contributed by atoms with Crippen LogP contribution in [0.2, 0.25) is 0 Å². The summed E-state index contributed by atoms with van der Waals surface area (Å²) in [5.74, 6) is 0. The van der Waals surface area contributed by atoms with Gasteiger partial charge in [-0.05, 0) is 24.6 Å². The molecule has 2 rings (SSSR count). The lowest BCUT2D eigenvalue weighted by Gasteiger charge is -2.10. The van der Waals surface area contributed by atoms with E-state index in [2.05, 4.69) is 5.10 Å². The van der Waals surface area contributed by atoms with Gasteiger partial charge in [0.1, 0.15) is 5.69 Å².